The first kappa shape index (κ1) is 16.2. The second kappa shape index (κ2) is 6.71. The van der Waals surface area contributed by atoms with E-state index in [1.54, 1.807) is 12.1 Å². The lowest BCUT2D eigenvalue weighted by Crippen LogP contribution is -2.17. The number of amides is 1. The summed E-state index contributed by atoms with van der Waals surface area (Å²) in [6, 6.07) is 4.62. The summed E-state index contributed by atoms with van der Waals surface area (Å²) >= 11 is 6.05. The molecule has 0 radical (unpaired) electrons. The molecule has 114 valence electrons. The molecule has 1 amide bonds. The van der Waals surface area contributed by atoms with Crippen molar-refractivity contribution in [1.82, 2.24) is 5.32 Å². The molecule has 1 aliphatic rings. The fraction of sp³-hybridized carbons (Fsp3) is 0.143. The first-order chi connectivity index (χ1) is 10.3. The van der Waals surface area contributed by atoms with E-state index in [2.05, 4.69) is 5.32 Å². The molecule has 6 nitrogen and oxygen atoms in total. The molecular formula is C14H11NO5S2. The lowest BCUT2D eigenvalue weighted by Gasteiger charge is -2.09. The van der Waals surface area contributed by atoms with Gasteiger partial charge in [0.15, 0.2) is 11.5 Å². The number of thioether (sulfide) groups is 1. The number of carbonyl (C=O) groups is 3. The molecule has 0 spiro atoms. The van der Waals surface area contributed by atoms with E-state index in [0.717, 1.165) is 11.8 Å². The summed E-state index contributed by atoms with van der Waals surface area (Å²) in [5.41, 5.74) is 0.606. The predicted octanol–water partition coefficient (Wildman–Crippen LogP) is 2.03. The summed E-state index contributed by atoms with van der Waals surface area (Å²) in [5, 5.41) is 2.50. The van der Waals surface area contributed by atoms with Gasteiger partial charge in [-0.25, -0.2) is 0 Å². The lowest BCUT2D eigenvalue weighted by molar-refractivity contribution is -0.134. The highest BCUT2D eigenvalue weighted by atomic mass is 32.2. The van der Waals surface area contributed by atoms with Crippen LogP contribution in [0.15, 0.2) is 23.1 Å². The number of ether oxygens (including phenoxy) is 2. The van der Waals surface area contributed by atoms with E-state index in [4.69, 9.17) is 21.7 Å². The molecule has 22 heavy (non-hydrogen) atoms. The SMILES string of the molecule is CC(=O)Oc1ccc(C=C2SC(=S)NC2=O)cc1OC(C)=O. The van der Waals surface area contributed by atoms with Crippen LogP contribution >= 0.6 is 24.0 Å². The maximum Gasteiger partial charge on any atom is 0.308 e. The Morgan fingerprint density at radius 1 is 1.18 bits per heavy atom. The maximum atomic E-state index is 11.6. The number of esters is 2. The van der Waals surface area contributed by atoms with Crippen LogP contribution in [-0.4, -0.2) is 22.2 Å². The van der Waals surface area contributed by atoms with E-state index in [1.165, 1.54) is 26.0 Å². The first-order valence-electron chi connectivity index (χ1n) is 6.11. The number of thiocarbonyl (C=S) groups is 1. The van der Waals surface area contributed by atoms with E-state index in [-0.39, 0.29) is 17.4 Å². The third-order valence-corrected chi connectivity index (χ3v) is 3.58. The fourth-order valence-corrected chi connectivity index (χ4v) is 2.70. The van der Waals surface area contributed by atoms with Crippen molar-refractivity contribution < 1.29 is 23.9 Å². The first-order valence-corrected chi connectivity index (χ1v) is 7.33. The molecular weight excluding hydrogens is 326 g/mol. The number of rotatable bonds is 3. The summed E-state index contributed by atoms with van der Waals surface area (Å²) in [4.78, 5) is 34.2. The summed E-state index contributed by atoms with van der Waals surface area (Å²) in [6.45, 7) is 2.48. The van der Waals surface area contributed by atoms with Crippen LogP contribution in [-0.2, 0) is 14.4 Å². The Kier molecular flexibility index (Phi) is 4.94. The van der Waals surface area contributed by atoms with Crippen molar-refractivity contribution in [3.8, 4) is 11.5 Å². The Hall–Kier alpha value is -2.19. The molecule has 1 aromatic carbocycles. The van der Waals surface area contributed by atoms with Gasteiger partial charge in [0.25, 0.3) is 5.91 Å². The molecule has 0 bridgehead atoms. The van der Waals surface area contributed by atoms with Crippen molar-refractivity contribution in [3.63, 3.8) is 0 Å². The number of carbonyl (C=O) groups excluding carboxylic acids is 3. The number of nitrogens with one attached hydrogen (secondary N) is 1. The Morgan fingerprint density at radius 3 is 2.36 bits per heavy atom. The Morgan fingerprint density at radius 2 is 1.82 bits per heavy atom. The van der Waals surface area contributed by atoms with Crippen LogP contribution in [0.1, 0.15) is 19.4 Å². The minimum Gasteiger partial charge on any atom is -0.423 e. The molecule has 1 aromatic rings. The van der Waals surface area contributed by atoms with Gasteiger partial charge in [0, 0.05) is 13.8 Å². The van der Waals surface area contributed by atoms with E-state index in [1.807, 2.05) is 0 Å². The van der Waals surface area contributed by atoms with Gasteiger partial charge in [-0.05, 0) is 23.8 Å². The highest BCUT2D eigenvalue weighted by Crippen LogP contribution is 2.32. The van der Waals surface area contributed by atoms with Crippen LogP contribution in [0, 0.1) is 0 Å². The minimum atomic E-state index is -0.549. The predicted molar refractivity (Wildman–Crippen MR) is 85.4 cm³/mol. The van der Waals surface area contributed by atoms with Gasteiger partial charge in [0.1, 0.15) is 4.32 Å². The van der Waals surface area contributed by atoms with E-state index in [0.29, 0.717) is 14.8 Å². The van der Waals surface area contributed by atoms with Crippen LogP contribution in [0.2, 0.25) is 0 Å². The van der Waals surface area contributed by atoms with Gasteiger partial charge in [0.2, 0.25) is 0 Å². The van der Waals surface area contributed by atoms with Crippen molar-refractivity contribution >= 4 is 52.2 Å². The van der Waals surface area contributed by atoms with Gasteiger partial charge in [-0.1, -0.05) is 30.0 Å². The zero-order chi connectivity index (χ0) is 16.3. The number of hydrogen-bond donors (Lipinski definition) is 1. The monoisotopic (exact) mass is 337 g/mol. The van der Waals surface area contributed by atoms with Gasteiger partial charge in [-0.15, -0.1) is 0 Å². The number of hydrogen-bond acceptors (Lipinski definition) is 7. The smallest absolute Gasteiger partial charge is 0.308 e. The summed E-state index contributed by atoms with van der Waals surface area (Å²) in [7, 11) is 0. The molecule has 8 heteroatoms. The molecule has 0 saturated carbocycles. The van der Waals surface area contributed by atoms with Gasteiger partial charge in [-0.3, -0.25) is 14.4 Å². The molecule has 1 fully saturated rings. The van der Waals surface area contributed by atoms with Gasteiger partial charge in [0.05, 0.1) is 4.91 Å². The third-order valence-electron chi connectivity index (χ3n) is 2.41. The van der Waals surface area contributed by atoms with Gasteiger partial charge in [-0.2, -0.15) is 0 Å². The number of benzene rings is 1. The maximum absolute atomic E-state index is 11.6. The molecule has 0 aromatic heterocycles. The zero-order valence-electron chi connectivity index (χ0n) is 11.7. The van der Waals surface area contributed by atoms with Crippen molar-refractivity contribution in [2.45, 2.75) is 13.8 Å². The average Bonchev–Trinajstić information content (AvgIpc) is 2.70. The Labute approximate surface area is 135 Å². The summed E-state index contributed by atoms with van der Waals surface area (Å²) in [5.74, 6) is -1.14. The molecule has 0 atom stereocenters. The Balaban J connectivity index is 2.35. The molecule has 1 saturated heterocycles. The van der Waals surface area contributed by atoms with E-state index < -0.39 is 11.9 Å². The highest BCUT2D eigenvalue weighted by Gasteiger charge is 2.22. The second-order valence-electron chi connectivity index (χ2n) is 4.25. The third kappa shape index (κ3) is 4.15. The largest absolute Gasteiger partial charge is 0.423 e. The minimum absolute atomic E-state index is 0.100. The summed E-state index contributed by atoms with van der Waals surface area (Å²) in [6.07, 6.45) is 1.60. The Bertz CT molecular complexity index is 711. The van der Waals surface area contributed by atoms with Crippen molar-refractivity contribution in [3.05, 3.63) is 28.7 Å². The molecule has 1 aliphatic heterocycles. The molecule has 1 N–H and O–H groups in total. The van der Waals surface area contributed by atoms with Gasteiger partial charge < -0.3 is 14.8 Å². The quantitative estimate of drug-likeness (QED) is 0.391. The zero-order valence-corrected chi connectivity index (χ0v) is 13.3. The van der Waals surface area contributed by atoms with Crippen LogP contribution in [0.4, 0.5) is 0 Å². The topological polar surface area (TPSA) is 81.7 Å². The van der Waals surface area contributed by atoms with E-state index in [9.17, 15) is 14.4 Å². The van der Waals surface area contributed by atoms with E-state index >= 15 is 0 Å². The standard InChI is InChI=1S/C14H11NO5S2/c1-7(16)19-10-4-3-9(5-11(10)20-8(2)17)6-12-13(18)15-14(21)22-12/h3-6H,1-2H3,(H,15,18,21). The fourth-order valence-electron chi connectivity index (χ4n) is 1.66. The summed E-state index contributed by atoms with van der Waals surface area (Å²) < 4.78 is 10.4. The van der Waals surface area contributed by atoms with Gasteiger partial charge >= 0.3 is 11.9 Å². The normalized spacial score (nSPS) is 15.6. The van der Waals surface area contributed by atoms with Crippen molar-refractivity contribution in [1.29, 1.82) is 0 Å². The highest BCUT2D eigenvalue weighted by molar-refractivity contribution is 8.26. The molecule has 0 unspecified atom stereocenters. The molecule has 0 aliphatic carbocycles. The molecule has 1 heterocycles. The second-order valence-corrected chi connectivity index (χ2v) is 5.96. The van der Waals surface area contributed by atoms with Crippen LogP contribution in [0.5, 0.6) is 11.5 Å². The molecule has 2 rings (SSSR count). The van der Waals surface area contributed by atoms with Crippen LogP contribution < -0.4 is 14.8 Å². The van der Waals surface area contributed by atoms with Crippen molar-refractivity contribution in [2.75, 3.05) is 0 Å². The lowest BCUT2D eigenvalue weighted by atomic mass is 10.2. The average molecular weight is 337 g/mol. The van der Waals surface area contributed by atoms with Crippen molar-refractivity contribution in [2.24, 2.45) is 0 Å². The van der Waals surface area contributed by atoms with Crippen LogP contribution in [0.25, 0.3) is 6.08 Å². The van der Waals surface area contributed by atoms with Crippen LogP contribution in [0.3, 0.4) is 0 Å².